The molecule has 0 amide bonds. The van der Waals surface area contributed by atoms with E-state index < -0.39 is 0 Å². The van der Waals surface area contributed by atoms with Gasteiger partial charge in [-0.15, -0.1) is 0 Å². The molecule has 1 heterocycles. The van der Waals surface area contributed by atoms with Crippen LogP contribution < -0.4 is 16.0 Å². The number of hydrogen-bond acceptors (Lipinski definition) is 7. The predicted molar refractivity (Wildman–Crippen MR) is 63.4 cm³/mol. The summed E-state index contributed by atoms with van der Waals surface area (Å²) in [7, 11) is 3.64. The summed E-state index contributed by atoms with van der Waals surface area (Å²) in [5, 5.41) is 12.1. The fourth-order valence-electron chi connectivity index (χ4n) is 1.10. The van der Waals surface area contributed by atoms with Crippen molar-refractivity contribution in [3.05, 3.63) is 0 Å². The summed E-state index contributed by atoms with van der Waals surface area (Å²) in [5.74, 6) is 1.04. The molecule has 0 saturated carbocycles. The number of aliphatic hydroxyl groups is 1. The van der Waals surface area contributed by atoms with Gasteiger partial charge < -0.3 is 21.1 Å². The van der Waals surface area contributed by atoms with Gasteiger partial charge in [0.25, 0.3) is 0 Å². The SMILES string of the molecule is CCC(CO)Nc1nc(N)nc(N(C)C)n1. The van der Waals surface area contributed by atoms with Crippen LogP contribution in [0, 0.1) is 0 Å². The third kappa shape index (κ3) is 3.20. The molecule has 0 aromatic carbocycles. The van der Waals surface area contributed by atoms with Crippen molar-refractivity contribution in [3.8, 4) is 0 Å². The maximum absolute atomic E-state index is 9.06. The van der Waals surface area contributed by atoms with E-state index in [4.69, 9.17) is 10.8 Å². The maximum atomic E-state index is 9.06. The third-order valence-electron chi connectivity index (χ3n) is 2.09. The second-order valence-corrected chi connectivity index (χ2v) is 3.64. The number of nitrogens with zero attached hydrogens (tertiary/aromatic N) is 4. The van der Waals surface area contributed by atoms with Crippen molar-refractivity contribution in [1.29, 1.82) is 0 Å². The molecule has 7 heteroatoms. The average molecular weight is 226 g/mol. The van der Waals surface area contributed by atoms with Gasteiger partial charge in [0.05, 0.1) is 12.6 Å². The summed E-state index contributed by atoms with van der Waals surface area (Å²) in [6, 6.07) is -0.0724. The number of nitrogens with two attached hydrogens (primary N) is 1. The van der Waals surface area contributed by atoms with Crippen LogP contribution in [0.25, 0.3) is 0 Å². The fraction of sp³-hybridized carbons (Fsp3) is 0.667. The molecule has 0 radical (unpaired) electrons. The molecule has 0 aliphatic carbocycles. The van der Waals surface area contributed by atoms with Gasteiger partial charge in [0.1, 0.15) is 0 Å². The van der Waals surface area contributed by atoms with Gasteiger partial charge in [-0.2, -0.15) is 15.0 Å². The molecule has 0 spiro atoms. The Labute approximate surface area is 94.7 Å². The van der Waals surface area contributed by atoms with Crippen molar-refractivity contribution in [2.45, 2.75) is 19.4 Å². The molecular formula is C9H18N6O. The van der Waals surface area contributed by atoms with Crippen LogP contribution in [0.1, 0.15) is 13.3 Å². The normalized spacial score (nSPS) is 12.2. The van der Waals surface area contributed by atoms with Gasteiger partial charge in [0, 0.05) is 14.1 Å². The van der Waals surface area contributed by atoms with Crippen molar-refractivity contribution >= 4 is 17.8 Å². The molecule has 1 aromatic rings. The van der Waals surface area contributed by atoms with Crippen molar-refractivity contribution in [1.82, 2.24) is 15.0 Å². The molecule has 0 fully saturated rings. The van der Waals surface area contributed by atoms with Crippen LogP contribution in [-0.2, 0) is 0 Å². The lowest BCUT2D eigenvalue weighted by atomic mass is 10.2. The highest BCUT2D eigenvalue weighted by atomic mass is 16.3. The zero-order chi connectivity index (χ0) is 12.1. The zero-order valence-electron chi connectivity index (χ0n) is 9.80. The molecule has 0 aliphatic heterocycles. The number of anilines is 3. The minimum atomic E-state index is -0.0724. The van der Waals surface area contributed by atoms with Crippen molar-refractivity contribution in [2.24, 2.45) is 0 Å². The molecular weight excluding hydrogens is 208 g/mol. The lowest BCUT2D eigenvalue weighted by Gasteiger charge is -2.16. The molecule has 90 valence electrons. The van der Waals surface area contributed by atoms with Crippen LogP contribution in [0.5, 0.6) is 0 Å². The molecule has 1 aromatic heterocycles. The van der Waals surface area contributed by atoms with E-state index in [9.17, 15) is 0 Å². The highest BCUT2D eigenvalue weighted by Crippen LogP contribution is 2.10. The van der Waals surface area contributed by atoms with Gasteiger partial charge in [0.2, 0.25) is 17.8 Å². The maximum Gasteiger partial charge on any atom is 0.231 e. The van der Waals surface area contributed by atoms with Gasteiger partial charge in [-0.05, 0) is 6.42 Å². The first kappa shape index (κ1) is 12.4. The van der Waals surface area contributed by atoms with Gasteiger partial charge in [-0.1, -0.05) is 6.92 Å². The van der Waals surface area contributed by atoms with Crippen molar-refractivity contribution in [2.75, 3.05) is 36.7 Å². The standard InChI is InChI=1S/C9H18N6O/c1-4-6(5-16)11-8-12-7(10)13-9(14-8)15(2)3/h6,16H,4-5H2,1-3H3,(H3,10,11,12,13,14). The molecule has 1 atom stereocenters. The summed E-state index contributed by atoms with van der Waals surface area (Å²) < 4.78 is 0. The van der Waals surface area contributed by atoms with Gasteiger partial charge in [0.15, 0.2) is 0 Å². The Morgan fingerprint density at radius 2 is 2.06 bits per heavy atom. The Hall–Kier alpha value is -1.63. The van der Waals surface area contributed by atoms with Gasteiger partial charge >= 0.3 is 0 Å². The molecule has 7 nitrogen and oxygen atoms in total. The fourth-order valence-corrected chi connectivity index (χ4v) is 1.10. The topological polar surface area (TPSA) is 100 Å². The van der Waals surface area contributed by atoms with Crippen molar-refractivity contribution < 1.29 is 5.11 Å². The Morgan fingerprint density at radius 1 is 1.38 bits per heavy atom. The molecule has 16 heavy (non-hydrogen) atoms. The number of aromatic nitrogens is 3. The van der Waals surface area contributed by atoms with E-state index in [0.29, 0.717) is 11.9 Å². The van der Waals surface area contributed by atoms with E-state index in [-0.39, 0.29) is 18.6 Å². The lowest BCUT2D eigenvalue weighted by molar-refractivity contribution is 0.271. The zero-order valence-corrected chi connectivity index (χ0v) is 9.80. The van der Waals surface area contributed by atoms with Crippen LogP contribution in [0.15, 0.2) is 0 Å². The second-order valence-electron chi connectivity index (χ2n) is 3.64. The molecule has 1 rings (SSSR count). The van der Waals surface area contributed by atoms with E-state index >= 15 is 0 Å². The average Bonchev–Trinajstić information content (AvgIpc) is 2.25. The number of nitrogen functional groups attached to an aromatic ring is 1. The van der Waals surface area contributed by atoms with E-state index in [1.807, 2.05) is 21.0 Å². The van der Waals surface area contributed by atoms with E-state index in [1.54, 1.807) is 4.90 Å². The minimum absolute atomic E-state index is 0.0272. The Kier molecular flexibility index (Phi) is 4.24. The Balaban J connectivity index is 2.87. The lowest BCUT2D eigenvalue weighted by Crippen LogP contribution is -2.25. The molecule has 0 bridgehead atoms. The van der Waals surface area contributed by atoms with Gasteiger partial charge in [-0.25, -0.2) is 0 Å². The first-order valence-corrected chi connectivity index (χ1v) is 5.13. The molecule has 4 N–H and O–H groups in total. The van der Waals surface area contributed by atoms with Crippen LogP contribution >= 0.6 is 0 Å². The number of hydrogen-bond donors (Lipinski definition) is 3. The van der Waals surface area contributed by atoms with E-state index in [0.717, 1.165) is 6.42 Å². The van der Waals surface area contributed by atoms with Crippen molar-refractivity contribution in [3.63, 3.8) is 0 Å². The monoisotopic (exact) mass is 226 g/mol. The third-order valence-corrected chi connectivity index (χ3v) is 2.09. The second kappa shape index (κ2) is 5.45. The Bertz CT molecular complexity index is 339. The highest BCUT2D eigenvalue weighted by molar-refractivity contribution is 5.41. The van der Waals surface area contributed by atoms with E-state index in [2.05, 4.69) is 20.3 Å². The largest absolute Gasteiger partial charge is 0.394 e. The number of rotatable bonds is 5. The first-order chi connectivity index (χ1) is 7.56. The number of nitrogens with one attached hydrogen (secondary N) is 1. The van der Waals surface area contributed by atoms with Crippen LogP contribution in [0.4, 0.5) is 17.8 Å². The highest BCUT2D eigenvalue weighted by Gasteiger charge is 2.09. The van der Waals surface area contributed by atoms with E-state index in [1.165, 1.54) is 0 Å². The first-order valence-electron chi connectivity index (χ1n) is 5.13. The molecule has 0 saturated heterocycles. The summed E-state index contributed by atoms with van der Waals surface area (Å²) in [6.07, 6.45) is 0.777. The molecule has 0 aliphatic rings. The summed E-state index contributed by atoms with van der Waals surface area (Å²) in [5.41, 5.74) is 5.56. The quantitative estimate of drug-likeness (QED) is 0.634. The van der Waals surface area contributed by atoms with Crippen LogP contribution in [0.3, 0.4) is 0 Å². The predicted octanol–water partition coefficient (Wildman–Crippen LogP) is -0.297. The summed E-state index contributed by atoms with van der Waals surface area (Å²) >= 11 is 0. The number of aliphatic hydroxyl groups excluding tert-OH is 1. The Morgan fingerprint density at radius 3 is 2.56 bits per heavy atom. The summed E-state index contributed by atoms with van der Waals surface area (Å²) in [6.45, 7) is 1.99. The minimum Gasteiger partial charge on any atom is -0.394 e. The van der Waals surface area contributed by atoms with Crippen LogP contribution in [0.2, 0.25) is 0 Å². The molecule has 1 unspecified atom stereocenters. The van der Waals surface area contributed by atoms with Crippen LogP contribution in [-0.4, -0.2) is 46.8 Å². The van der Waals surface area contributed by atoms with Gasteiger partial charge in [-0.3, -0.25) is 0 Å². The summed E-state index contributed by atoms with van der Waals surface area (Å²) in [4.78, 5) is 13.8. The smallest absolute Gasteiger partial charge is 0.231 e.